The first-order valence-corrected chi connectivity index (χ1v) is 7.93. The number of aromatic amines is 1. The molecule has 0 spiro atoms. The quantitative estimate of drug-likeness (QED) is 0.678. The van der Waals surface area contributed by atoms with Crippen LogP contribution >= 0.6 is 0 Å². The van der Waals surface area contributed by atoms with Crippen LogP contribution in [0.4, 0.5) is 5.69 Å². The number of para-hydroxylation sites is 1. The first kappa shape index (κ1) is 14.5. The van der Waals surface area contributed by atoms with E-state index in [1.54, 1.807) is 6.07 Å². The summed E-state index contributed by atoms with van der Waals surface area (Å²) in [6, 6.07) is 14.8. The molecule has 0 aliphatic carbocycles. The number of hydrogen-bond donors (Lipinski definition) is 3. The second-order valence-electron chi connectivity index (χ2n) is 6.11. The average molecular weight is 319 g/mol. The Morgan fingerprint density at radius 2 is 1.96 bits per heavy atom. The summed E-state index contributed by atoms with van der Waals surface area (Å²) in [5.41, 5.74) is 3.80. The second kappa shape index (κ2) is 5.53. The van der Waals surface area contributed by atoms with Crippen LogP contribution in [0, 0.1) is 0 Å². The lowest BCUT2D eigenvalue weighted by atomic mass is 9.93. The van der Waals surface area contributed by atoms with Gasteiger partial charge in [0.15, 0.2) is 0 Å². The van der Waals surface area contributed by atoms with Gasteiger partial charge in [-0.2, -0.15) is 0 Å². The highest BCUT2D eigenvalue weighted by Crippen LogP contribution is 2.32. The Bertz CT molecular complexity index is 944. The third-order valence-electron chi connectivity index (χ3n) is 4.42. The van der Waals surface area contributed by atoms with Gasteiger partial charge in [-0.25, -0.2) is 0 Å². The molecule has 2 aromatic carbocycles. The molecule has 1 atom stereocenters. The maximum absolute atomic E-state index is 12.5. The van der Waals surface area contributed by atoms with E-state index in [9.17, 15) is 9.59 Å². The summed E-state index contributed by atoms with van der Waals surface area (Å²) in [4.78, 5) is 27.7. The van der Waals surface area contributed by atoms with Gasteiger partial charge in [-0.05, 0) is 35.9 Å². The van der Waals surface area contributed by atoms with Crippen molar-refractivity contribution in [3.8, 4) is 0 Å². The fourth-order valence-corrected chi connectivity index (χ4v) is 3.21. The van der Waals surface area contributed by atoms with Gasteiger partial charge in [-0.1, -0.05) is 25.1 Å². The van der Waals surface area contributed by atoms with Gasteiger partial charge in [0.05, 0.1) is 0 Å². The molecule has 3 aromatic rings. The molecule has 5 heteroatoms. The number of rotatable bonds is 2. The lowest BCUT2D eigenvalue weighted by Crippen LogP contribution is -2.33. The van der Waals surface area contributed by atoms with Crippen molar-refractivity contribution in [2.45, 2.75) is 12.8 Å². The number of benzene rings is 2. The van der Waals surface area contributed by atoms with E-state index in [0.29, 0.717) is 17.8 Å². The zero-order valence-electron chi connectivity index (χ0n) is 13.2. The van der Waals surface area contributed by atoms with Crippen LogP contribution in [-0.2, 0) is 0 Å². The molecule has 4 rings (SSSR count). The highest BCUT2D eigenvalue weighted by molar-refractivity contribution is 6.08. The van der Waals surface area contributed by atoms with Crippen molar-refractivity contribution in [2.24, 2.45) is 0 Å². The van der Waals surface area contributed by atoms with Gasteiger partial charge in [0.25, 0.3) is 11.8 Å². The van der Waals surface area contributed by atoms with Gasteiger partial charge in [0.1, 0.15) is 5.69 Å². The molecule has 1 unspecified atom stereocenters. The van der Waals surface area contributed by atoms with Crippen molar-refractivity contribution in [2.75, 3.05) is 11.9 Å². The molecule has 1 aliphatic heterocycles. The maximum atomic E-state index is 12.5. The third kappa shape index (κ3) is 2.34. The fourth-order valence-electron chi connectivity index (χ4n) is 3.21. The van der Waals surface area contributed by atoms with E-state index in [0.717, 1.165) is 22.2 Å². The molecule has 1 aliphatic rings. The SMILES string of the molecule is CC1CNC(=O)c2[nH]c3ccc(C(=O)Nc4ccccc4)cc3c21. The summed E-state index contributed by atoms with van der Waals surface area (Å²) in [7, 11) is 0. The van der Waals surface area contributed by atoms with Gasteiger partial charge >= 0.3 is 0 Å². The molecular formula is C19H17N3O2. The van der Waals surface area contributed by atoms with Crippen molar-refractivity contribution in [3.05, 3.63) is 65.4 Å². The standard InChI is InChI=1S/C19H17N3O2/c1-11-10-20-19(24)17-16(11)14-9-12(7-8-15(14)22-17)18(23)21-13-5-3-2-4-6-13/h2-9,11,22H,10H2,1H3,(H,20,24)(H,21,23). The average Bonchev–Trinajstić information content (AvgIpc) is 2.99. The number of H-pyrrole nitrogens is 1. The Morgan fingerprint density at radius 1 is 1.17 bits per heavy atom. The Hall–Kier alpha value is -3.08. The molecule has 0 bridgehead atoms. The second-order valence-corrected chi connectivity index (χ2v) is 6.11. The number of hydrogen-bond acceptors (Lipinski definition) is 2. The highest BCUT2D eigenvalue weighted by atomic mass is 16.2. The zero-order chi connectivity index (χ0) is 16.7. The summed E-state index contributed by atoms with van der Waals surface area (Å²) < 4.78 is 0. The topological polar surface area (TPSA) is 74.0 Å². The molecule has 24 heavy (non-hydrogen) atoms. The zero-order valence-corrected chi connectivity index (χ0v) is 13.2. The maximum Gasteiger partial charge on any atom is 0.268 e. The Labute approximate surface area is 139 Å². The summed E-state index contributed by atoms with van der Waals surface area (Å²) >= 11 is 0. The van der Waals surface area contributed by atoms with E-state index in [1.807, 2.05) is 42.5 Å². The monoisotopic (exact) mass is 319 g/mol. The van der Waals surface area contributed by atoms with Gasteiger partial charge in [0, 0.05) is 34.6 Å². The Morgan fingerprint density at radius 3 is 2.75 bits per heavy atom. The predicted molar refractivity (Wildman–Crippen MR) is 93.4 cm³/mol. The van der Waals surface area contributed by atoms with Crippen molar-refractivity contribution >= 4 is 28.4 Å². The van der Waals surface area contributed by atoms with Crippen molar-refractivity contribution < 1.29 is 9.59 Å². The molecule has 120 valence electrons. The van der Waals surface area contributed by atoms with Gasteiger partial charge in [-0.3, -0.25) is 9.59 Å². The van der Waals surface area contributed by atoms with Crippen LogP contribution in [0.5, 0.6) is 0 Å². The van der Waals surface area contributed by atoms with Crippen molar-refractivity contribution in [1.29, 1.82) is 0 Å². The smallest absolute Gasteiger partial charge is 0.268 e. The molecular weight excluding hydrogens is 302 g/mol. The first-order valence-electron chi connectivity index (χ1n) is 7.93. The minimum Gasteiger partial charge on any atom is -0.350 e. The molecule has 2 amide bonds. The fraction of sp³-hybridized carbons (Fsp3) is 0.158. The van der Waals surface area contributed by atoms with Crippen LogP contribution in [0.15, 0.2) is 48.5 Å². The summed E-state index contributed by atoms with van der Waals surface area (Å²) in [5.74, 6) is -0.0422. The van der Waals surface area contributed by atoms with E-state index >= 15 is 0 Å². The number of aromatic nitrogens is 1. The van der Waals surface area contributed by atoms with E-state index < -0.39 is 0 Å². The van der Waals surface area contributed by atoms with Crippen LogP contribution in [0.2, 0.25) is 0 Å². The molecule has 0 saturated heterocycles. The molecule has 2 heterocycles. The van der Waals surface area contributed by atoms with Crippen molar-refractivity contribution in [3.63, 3.8) is 0 Å². The Balaban J connectivity index is 1.74. The third-order valence-corrected chi connectivity index (χ3v) is 4.42. The largest absolute Gasteiger partial charge is 0.350 e. The van der Waals surface area contributed by atoms with Crippen molar-refractivity contribution in [1.82, 2.24) is 10.3 Å². The minimum atomic E-state index is -0.161. The first-order chi connectivity index (χ1) is 11.6. The van der Waals surface area contributed by atoms with Crippen LogP contribution in [0.1, 0.15) is 39.3 Å². The van der Waals surface area contributed by atoms with Crippen LogP contribution in [0.3, 0.4) is 0 Å². The van der Waals surface area contributed by atoms with Crippen LogP contribution < -0.4 is 10.6 Å². The summed E-state index contributed by atoms with van der Waals surface area (Å²) in [6.07, 6.45) is 0. The van der Waals surface area contributed by atoms with E-state index in [1.165, 1.54) is 0 Å². The molecule has 5 nitrogen and oxygen atoms in total. The lowest BCUT2D eigenvalue weighted by molar-refractivity contribution is 0.0936. The van der Waals surface area contributed by atoms with Crippen LogP contribution in [0.25, 0.3) is 10.9 Å². The van der Waals surface area contributed by atoms with E-state index in [2.05, 4.69) is 22.5 Å². The predicted octanol–water partition coefficient (Wildman–Crippen LogP) is 3.27. The lowest BCUT2D eigenvalue weighted by Gasteiger charge is -2.19. The number of anilines is 1. The number of carbonyl (C=O) groups is 2. The van der Waals surface area contributed by atoms with E-state index in [-0.39, 0.29) is 17.7 Å². The number of carbonyl (C=O) groups excluding carboxylic acids is 2. The van der Waals surface area contributed by atoms with Gasteiger partial charge in [0.2, 0.25) is 0 Å². The number of nitrogens with one attached hydrogen (secondary N) is 3. The minimum absolute atomic E-state index is 0.0883. The molecule has 0 radical (unpaired) electrons. The molecule has 3 N–H and O–H groups in total. The molecule has 0 saturated carbocycles. The Kier molecular flexibility index (Phi) is 3.34. The van der Waals surface area contributed by atoms with E-state index in [4.69, 9.17) is 0 Å². The normalized spacial score (nSPS) is 16.5. The van der Waals surface area contributed by atoms with Gasteiger partial charge < -0.3 is 15.6 Å². The highest BCUT2D eigenvalue weighted by Gasteiger charge is 2.27. The molecule has 1 aromatic heterocycles. The summed E-state index contributed by atoms with van der Waals surface area (Å²) in [6.45, 7) is 2.68. The van der Waals surface area contributed by atoms with Gasteiger partial charge in [-0.15, -0.1) is 0 Å². The number of amides is 2. The number of fused-ring (bicyclic) bond motifs is 3. The summed E-state index contributed by atoms with van der Waals surface area (Å²) in [5, 5.41) is 6.69. The van der Waals surface area contributed by atoms with Crippen LogP contribution in [-0.4, -0.2) is 23.3 Å². The molecule has 0 fully saturated rings.